The van der Waals surface area contributed by atoms with Gasteiger partial charge in [0.2, 0.25) is 5.88 Å². The molecule has 1 atom stereocenters. The number of aryl methyl sites for hydroxylation is 1. The van der Waals surface area contributed by atoms with Crippen LogP contribution in [0, 0.1) is 11.7 Å². The number of hydrogen-bond donors (Lipinski definition) is 1. The number of likely N-dealkylation sites (tertiary alicyclic amines) is 1. The number of amides is 1. The number of fused-ring (bicyclic) bond motifs is 1. The van der Waals surface area contributed by atoms with Crippen LogP contribution >= 0.6 is 0 Å². The molecule has 1 spiro atoms. The number of ether oxygens (including phenoxy) is 2. The number of H-pyrrole nitrogens is 1. The van der Waals surface area contributed by atoms with E-state index in [9.17, 15) is 9.18 Å². The molecule has 1 N–H and O–H groups in total. The van der Waals surface area contributed by atoms with Crippen LogP contribution < -0.4 is 4.74 Å². The highest BCUT2D eigenvalue weighted by Crippen LogP contribution is 2.41. The molecule has 2 aliphatic heterocycles. The van der Waals surface area contributed by atoms with E-state index in [-0.39, 0.29) is 17.7 Å². The normalized spacial score (nSPS) is 22.7. The number of aromatic nitrogens is 3. The molecular weight excluding hydrogens is 351 g/mol. The van der Waals surface area contributed by atoms with E-state index in [0.717, 1.165) is 36.9 Å². The summed E-state index contributed by atoms with van der Waals surface area (Å²) in [6, 6.07) is 2.86. The molecular formula is C19H21FN4O3. The lowest BCUT2D eigenvalue weighted by Crippen LogP contribution is -2.66. The molecule has 1 amide bonds. The minimum Gasteiger partial charge on any atom is -0.475 e. The number of aromatic amines is 1. The van der Waals surface area contributed by atoms with Gasteiger partial charge >= 0.3 is 0 Å². The molecule has 3 aliphatic rings. The molecule has 7 nitrogen and oxygen atoms in total. The third-order valence-corrected chi connectivity index (χ3v) is 5.96. The SMILES string of the molecule is O=C(c1n[nH]c2c1CCC2)N1CC2(C1)OCC[C@H]2COc1ncccc1F. The second-order valence-electron chi connectivity index (χ2n) is 7.54. The number of halogens is 1. The molecule has 142 valence electrons. The molecule has 0 unspecified atom stereocenters. The van der Waals surface area contributed by atoms with Gasteiger partial charge in [0.05, 0.1) is 19.7 Å². The Kier molecular flexibility index (Phi) is 3.89. The molecule has 2 saturated heterocycles. The molecule has 0 bridgehead atoms. The third-order valence-electron chi connectivity index (χ3n) is 5.96. The minimum atomic E-state index is -0.469. The summed E-state index contributed by atoms with van der Waals surface area (Å²) in [5.74, 6) is -0.388. The molecule has 2 aromatic rings. The standard InChI is InChI=1S/C19H21FN4O3/c20-14-4-2-7-21-17(14)26-9-12-6-8-27-19(12)10-24(11-19)18(25)16-13-3-1-5-15(13)22-23-16/h2,4,7,12H,1,3,5-6,8-11H2,(H,22,23)/t12-/m0/s1. The highest BCUT2D eigenvalue weighted by atomic mass is 19.1. The van der Waals surface area contributed by atoms with Gasteiger partial charge in [-0.2, -0.15) is 5.10 Å². The van der Waals surface area contributed by atoms with Crippen LogP contribution in [0.3, 0.4) is 0 Å². The summed E-state index contributed by atoms with van der Waals surface area (Å²) in [5, 5.41) is 7.22. The van der Waals surface area contributed by atoms with Crippen molar-refractivity contribution in [3.63, 3.8) is 0 Å². The van der Waals surface area contributed by atoms with Crippen LogP contribution in [-0.4, -0.2) is 57.9 Å². The highest BCUT2D eigenvalue weighted by Gasteiger charge is 2.55. The molecule has 2 aromatic heterocycles. The maximum atomic E-state index is 13.7. The van der Waals surface area contributed by atoms with E-state index in [1.165, 1.54) is 18.3 Å². The zero-order valence-electron chi connectivity index (χ0n) is 14.9. The van der Waals surface area contributed by atoms with Crippen molar-refractivity contribution in [1.82, 2.24) is 20.1 Å². The number of rotatable bonds is 4. The molecule has 0 saturated carbocycles. The van der Waals surface area contributed by atoms with E-state index in [1.54, 1.807) is 4.90 Å². The van der Waals surface area contributed by atoms with Crippen molar-refractivity contribution in [2.45, 2.75) is 31.3 Å². The zero-order valence-corrected chi connectivity index (χ0v) is 14.9. The number of nitrogens with one attached hydrogen (secondary N) is 1. The first kappa shape index (κ1) is 16.7. The lowest BCUT2D eigenvalue weighted by atomic mass is 9.81. The van der Waals surface area contributed by atoms with Crippen LogP contribution in [0.25, 0.3) is 0 Å². The van der Waals surface area contributed by atoms with Gasteiger partial charge in [-0.3, -0.25) is 9.89 Å². The Balaban J connectivity index is 1.24. The molecule has 0 radical (unpaired) electrons. The van der Waals surface area contributed by atoms with Crippen molar-refractivity contribution in [3.05, 3.63) is 41.1 Å². The van der Waals surface area contributed by atoms with E-state index in [2.05, 4.69) is 15.2 Å². The summed E-state index contributed by atoms with van der Waals surface area (Å²) in [5.41, 5.74) is 2.31. The summed E-state index contributed by atoms with van der Waals surface area (Å²) in [6.45, 7) is 1.99. The Labute approximate surface area is 155 Å². The van der Waals surface area contributed by atoms with Crippen molar-refractivity contribution in [3.8, 4) is 5.88 Å². The zero-order chi connectivity index (χ0) is 18.4. The van der Waals surface area contributed by atoms with E-state index < -0.39 is 11.4 Å². The Morgan fingerprint density at radius 3 is 3.19 bits per heavy atom. The van der Waals surface area contributed by atoms with E-state index in [1.807, 2.05) is 0 Å². The summed E-state index contributed by atoms with van der Waals surface area (Å²) in [4.78, 5) is 18.5. The van der Waals surface area contributed by atoms with Crippen LogP contribution in [0.5, 0.6) is 5.88 Å². The predicted octanol–water partition coefficient (Wildman–Crippen LogP) is 1.74. The number of carbonyl (C=O) groups excluding carboxylic acids is 1. The smallest absolute Gasteiger partial charge is 0.274 e. The van der Waals surface area contributed by atoms with Gasteiger partial charge in [0.1, 0.15) is 5.60 Å². The van der Waals surface area contributed by atoms with Crippen molar-refractivity contribution in [1.29, 1.82) is 0 Å². The maximum Gasteiger partial charge on any atom is 0.274 e. The van der Waals surface area contributed by atoms with Crippen molar-refractivity contribution in [2.24, 2.45) is 5.92 Å². The minimum absolute atomic E-state index is 0.0129. The van der Waals surface area contributed by atoms with Gasteiger partial charge in [-0.15, -0.1) is 0 Å². The first-order valence-corrected chi connectivity index (χ1v) is 9.39. The van der Waals surface area contributed by atoms with Gasteiger partial charge < -0.3 is 14.4 Å². The summed E-state index contributed by atoms with van der Waals surface area (Å²) in [6.07, 6.45) is 5.28. The quantitative estimate of drug-likeness (QED) is 0.884. The predicted molar refractivity (Wildman–Crippen MR) is 93.0 cm³/mol. The van der Waals surface area contributed by atoms with Gasteiger partial charge in [-0.25, -0.2) is 9.37 Å². The number of nitrogens with zero attached hydrogens (tertiary/aromatic N) is 3. The fraction of sp³-hybridized carbons (Fsp3) is 0.526. The van der Waals surface area contributed by atoms with Gasteiger partial charge in [0, 0.05) is 30.0 Å². The average Bonchev–Trinajstić information content (AvgIpc) is 3.34. The van der Waals surface area contributed by atoms with Crippen LogP contribution in [0.15, 0.2) is 18.3 Å². The molecule has 8 heteroatoms. The molecule has 1 aliphatic carbocycles. The summed E-state index contributed by atoms with van der Waals surface area (Å²) < 4.78 is 25.3. The van der Waals surface area contributed by atoms with Gasteiger partial charge in [0.15, 0.2) is 11.5 Å². The molecule has 2 fully saturated rings. The van der Waals surface area contributed by atoms with Crippen LogP contribution in [0.1, 0.15) is 34.6 Å². The van der Waals surface area contributed by atoms with E-state index >= 15 is 0 Å². The topological polar surface area (TPSA) is 80.3 Å². The van der Waals surface area contributed by atoms with Crippen molar-refractivity contribution in [2.75, 3.05) is 26.3 Å². The molecule has 27 heavy (non-hydrogen) atoms. The second kappa shape index (κ2) is 6.30. The average molecular weight is 372 g/mol. The Morgan fingerprint density at radius 2 is 2.33 bits per heavy atom. The van der Waals surface area contributed by atoms with E-state index in [4.69, 9.17) is 9.47 Å². The van der Waals surface area contributed by atoms with Crippen LogP contribution in [0.2, 0.25) is 0 Å². The first-order chi connectivity index (χ1) is 13.2. The molecule has 4 heterocycles. The largest absolute Gasteiger partial charge is 0.475 e. The van der Waals surface area contributed by atoms with Crippen LogP contribution in [-0.2, 0) is 17.6 Å². The van der Waals surface area contributed by atoms with Gasteiger partial charge in [0.25, 0.3) is 5.91 Å². The molecule has 0 aromatic carbocycles. The number of pyridine rings is 1. The molecule has 5 rings (SSSR count). The lowest BCUT2D eigenvalue weighted by Gasteiger charge is -2.49. The first-order valence-electron chi connectivity index (χ1n) is 9.39. The lowest BCUT2D eigenvalue weighted by molar-refractivity contribution is -0.122. The van der Waals surface area contributed by atoms with Gasteiger partial charge in [-0.1, -0.05) is 0 Å². The number of hydrogen-bond acceptors (Lipinski definition) is 5. The fourth-order valence-corrected chi connectivity index (χ4v) is 4.42. The Bertz CT molecular complexity index is 878. The third kappa shape index (κ3) is 2.70. The fourth-order valence-electron chi connectivity index (χ4n) is 4.42. The Morgan fingerprint density at radius 1 is 1.44 bits per heavy atom. The highest BCUT2D eigenvalue weighted by molar-refractivity contribution is 5.95. The summed E-state index contributed by atoms with van der Waals surface area (Å²) in [7, 11) is 0. The maximum absolute atomic E-state index is 13.7. The summed E-state index contributed by atoms with van der Waals surface area (Å²) >= 11 is 0. The monoisotopic (exact) mass is 372 g/mol. The van der Waals surface area contributed by atoms with E-state index in [0.29, 0.717) is 32.0 Å². The van der Waals surface area contributed by atoms with Crippen molar-refractivity contribution >= 4 is 5.91 Å². The van der Waals surface area contributed by atoms with Crippen molar-refractivity contribution < 1.29 is 18.7 Å². The second-order valence-corrected chi connectivity index (χ2v) is 7.54. The van der Waals surface area contributed by atoms with Crippen LogP contribution in [0.4, 0.5) is 4.39 Å². The van der Waals surface area contributed by atoms with Gasteiger partial charge in [-0.05, 0) is 37.8 Å². The number of carbonyl (C=O) groups is 1. The Hall–Kier alpha value is -2.48.